The number of nitro benzene ring substituents is 1. The van der Waals surface area contributed by atoms with E-state index < -0.39 is 10.8 Å². The van der Waals surface area contributed by atoms with Crippen LogP contribution in [0.1, 0.15) is 21.5 Å². The van der Waals surface area contributed by atoms with Gasteiger partial charge in [0.1, 0.15) is 18.1 Å². The van der Waals surface area contributed by atoms with Gasteiger partial charge in [-0.2, -0.15) is 5.10 Å². The number of nitrogens with zero attached hydrogens (tertiary/aromatic N) is 2. The Bertz CT molecular complexity index is 1170. The van der Waals surface area contributed by atoms with Gasteiger partial charge in [-0.1, -0.05) is 15.9 Å². The summed E-state index contributed by atoms with van der Waals surface area (Å²) in [7, 11) is 1.49. The van der Waals surface area contributed by atoms with E-state index in [0.717, 1.165) is 15.6 Å². The average Bonchev–Trinajstić information content (AvgIpc) is 2.78. The second kappa shape index (κ2) is 10.9. The Morgan fingerprint density at radius 2 is 1.81 bits per heavy atom. The third-order valence-corrected chi connectivity index (χ3v) is 5.40. The predicted octanol–water partition coefficient (Wildman–Crippen LogP) is 5.47. The number of hydrogen-bond acceptors (Lipinski definition) is 6. The van der Waals surface area contributed by atoms with Gasteiger partial charge in [-0.05, 0) is 75.6 Å². The van der Waals surface area contributed by atoms with Crippen molar-refractivity contribution in [2.45, 2.75) is 6.61 Å². The molecule has 1 N–H and O–H groups in total. The van der Waals surface area contributed by atoms with E-state index in [2.05, 4.69) is 42.4 Å². The van der Waals surface area contributed by atoms with Crippen LogP contribution in [0.4, 0.5) is 5.69 Å². The molecule has 3 aromatic rings. The van der Waals surface area contributed by atoms with Crippen LogP contribution in [0.2, 0.25) is 0 Å². The molecule has 0 aliphatic carbocycles. The molecule has 3 rings (SSSR count). The number of non-ortho nitro benzene ring substituents is 1. The molecule has 0 bridgehead atoms. The number of halogens is 2. The van der Waals surface area contributed by atoms with Gasteiger partial charge in [0.15, 0.2) is 0 Å². The molecule has 0 saturated carbocycles. The molecule has 0 radical (unpaired) electrons. The van der Waals surface area contributed by atoms with Crippen molar-refractivity contribution >= 4 is 49.7 Å². The Hall–Kier alpha value is -3.24. The van der Waals surface area contributed by atoms with Gasteiger partial charge in [0.2, 0.25) is 0 Å². The van der Waals surface area contributed by atoms with Gasteiger partial charge < -0.3 is 9.47 Å². The minimum atomic E-state index is -0.445. The van der Waals surface area contributed by atoms with E-state index in [4.69, 9.17) is 9.47 Å². The zero-order valence-electron chi connectivity index (χ0n) is 16.7. The van der Waals surface area contributed by atoms with Gasteiger partial charge in [0.25, 0.3) is 11.6 Å². The molecule has 164 valence electrons. The molecule has 32 heavy (non-hydrogen) atoms. The molecule has 8 nitrogen and oxygen atoms in total. The van der Waals surface area contributed by atoms with Crippen molar-refractivity contribution in [2.24, 2.45) is 5.10 Å². The van der Waals surface area contributed by atoms with Crippen LogP contribution < -0.4 is 14.9 Å². The summed E-state index contributed by atoms with van der Waals surface area (Å²) >= 11 is 6.78. The van der Waals surface area contributed by atoms with Crippen molar-refractivity contribution in [1.29, 1.82) is 0 Å². The maximum atomic E-state index is 12.4. The first kappa shape index (κ1) is 23.4. The Balaban J connectivity index is 1.60. The number of carbonyl (C=O) groups excluding carboxylic acids is 1. The maximum Gasteiger partial charge on any atom is 0.275 e. The van der Waals surface area contributed by atoms with E-state index in [9.17, 15) is 14.9 Å². The van der Waals surface area contributed by atoms with Crippen molar-refractivity contribution < 1.29 is 19.2 Å². The summed E-state index contributed by atoms with van der Waals surface area (Å²) in [5.74, 6) is 0.642. The number of amides is 1. The summed E-state index contributed by atoms with van der Waals surface area (Å²) in [5.41, 5.74) is 4.41. The smallest absolute Gasteiger partial charge is 0.275 e. The fourth-order valence-corrected chi connectivity index (χ4v) is 3.54. The lowest BCUT2D eigenvalue weighted by Crippen LogP contribution is -2.18. The zero-order valence-corrected chi connectivity index (χ0v) is 19.9. The highest BCUT2D eigenvalue weighted by Gasteiger charge is 2.12. The van der Waals surface area contributed by atoms with Crippen LogP contribution in [0.15, 0.2) is 74.7 Å². The number of carbonyl (C=O) groups is 1. The number of nitro groups is 1. The predicted molar refractivity (Wildman–Crippen MR) is 127 cm³/mol. The topological polar surface area (TPSA) is 103 Å². The highest BCUT2D eigenvalue weighted by atomic mass is 79.9. The molecule has 10 heteroatoms. The number of ether oxygens (including phenoxy) is 2. The van der Waals surface area contributed by atoms with Crippen LogP contribution >= 0.6 is 31.9 Å². The molecule has 0 aliphatic heterocycles. The largest absolute Gasteiger partial charge is 0.496 e. The summed E-state index contributed by atoms with van der Waals surface area (Å²) in [6.07, 6.45) is 1.51. The van der Waals surface area contributed by atoms with Crippen molar-refractivity contribution in [1.82, 2.24) is 5.43 Å². The molecule has 0 aliphatic rings. The van der Waals surface area contributed by atoms with Crippen molar-refractivity contribution in [3.05, 3.63) is 96.4 Å². The SMILES string of the molecule is COc1ccc(Br)cc1C(=O)N/N=C\c1ccc(OCc2ccc([N+](=O)[O-])cc2)c(Br)c1. The molecule has 3 aromatic carbocycles. The normalized spacial score (nSPS) is 10.7. The minimum Gasteiger partial charge on any atom is -0.496 e. The number of rotatable bonds is 8. The van der Waals surface area contributed by atoms with Gasteiger partial charge in [0.05, 0.1) is 28.3 Å². The first-order valence-corrected chi connectivity index (χ1v) is 10.8. The van der Waals surface area contributed by atoms with Gasteiger partial charge >= 0.3 is 0 Å². The molecule has 0 heterocycles. The van der Waals surface area contributed by atoms with Gasteiger partial charge in [-0.25, -0.2) is 5.43 Å². The first-order chi connectivity index (χ1) is 15.4. The average molecular weight is 563 g/mol. The summed E-state index contributed by atoms with van der Waals surface area (Å²) in [4.78, 5) is 22.7. The summed E-state index contributed by atoms with van der Waals surface area (Å²) in [6, 6.07) is 16.6. The zero-order chi connectivity index (χ0) is 23.1. The van der Waals surface area contributed by atoms with Gasteiger partial charge in [-0.15, -0.1) is 0 Å². The lowest BCUT2D eigenvalue weighted by atomic mass is 10.2. The minimum absolute atomic E-state index is 0.0315. The van der Waals surface area contributed by atoms with Crippen LogP contribution in [0, 0.1) is 10.1 Å². The van der Waals surface area contributed by atoms with E-state index in [-0.39, 0.29) is 12.3 Å². The van der Waals surface area contributed by atoms with E-state index >= 15 is 0 Å². The molecule has 0 saturated heterocycles. The van der Waals surface area contributed by atoms with Crippen molar-refractivity contribution in [3.8, 4) is 11.5 Å². The number of benzene rings is 3. The summed E-state index contributed by atoms with van der Waals surface area (Å²) in [5, 5.41) is 14.7. The van der Waals surface area contributed by atoms with Crippen LogP contribution in [0.5, 0.6) is 11.5 Å². The van der Waals surface area contributed by atoms with Crippen LogP contribution in [0.3, 0.4) is 0 Å². The Kier molecular flexibility index (Phi) is 7.96. The maximum absolute atomic E-state index is 12.4. The Morgan fingerprint density at radius 1 is 1.09 bits per heavy atom. The Morgan fingerprint density at radius 3 is 2.47 bits per heavy atom. The molecular formula is C22H17Br2N3O5. The fourth-order valence-electron chi connectivity index (χ4n) is 2.67. The monoisotopic (exact) mass is 561 g/mol. The van der Waals surface area contributed by atoms with Crippen molar-refractivity contribution in [2.75, 3.05) is 7.11 Å². The Labute approximate surface area is 200 Å². The number of methoxy groups -OCH3 is 1. The standard InChI is InChI=1S/C22H17Br2N3O5/c1-31-20-9-5-16(23)11-18(20)22(28)26-25-12-15-4-8-21(19(24)10-15)32-13-14-2-6-17(7-3-14)27(29)30/h2-12H,13H2,1H3,(H,26,28)/b25-12-. The van der Waals surface area contributed by atoms with E-state index in [1.165, 1.54) is 25.5 Å². The van der Waals surface area contributed by atoms with Gasteiger partial charge in [-0.3, -0.25) is 14.9 Å². The van der Waals surface area contributed by atoms with E-state index in [0.29, 0.717) is 21.5 Å². The molecule has 0 unspecified atom stereocenters. The first-order valence-electron chi connectivity index (χ1n) is 9.20. The lowest BCUT2D eigenvalue weighted by Gasteiger charge is -2.09. The molecule has 0 aromatic heterocycles. The molecule has 0 fully saturated rings. The number of hydrazone groups is 1. The molecule has 0 atom stereocenters. The van der Waals surface area contributed by atoms with Crippen LogP contribution in [0.25, 0.3) is 0 Å². The number of hydrogen-bond donors (Lipinski definition) is 1. The second-order valence-corrected chi connectivity index (χ2v) is 8.22. The second-order valence-electron chi connectivity index (χ2n) is 6.45. The molecule has 1 amide bonds. The van der Waals surface area contributed by atoms with Crippen LogP contribution in [-0.4, -0.2) is 24.2 Å². The lowest BCUT2D eigenvalue weighted by molar-refractivity contribution is -0.384. The van der Waals surface area contributed by atoms with Crippen molar-refractivity contribution in [3.63, 3.8) is 0 Å². The van der Waals surface area contributed by atoms with Crippen LogP contribution in [-0.2, 0) is 6.61 Å². The van der Waals surface area contributed by atoms with E-state index in [1.807, 2.05) is 0 Å². The third-order valence-electron chi connectivity index (χ3n) is 4.28. The van der Waals surface area contributed by atoms with E-state index in [1.54, 1.807) is 48.5 Å². The summed E-state index contributed by atoms with van der Waals surface area (Å²) < 4.78 is 12.4. The van der Waals surface area contributed by atoms with Gasteiger partial charge in [0, 0.05) is 16.6 Å². The molecule has 0 spiro atoms. The highest BCUT2D eigenvalue weighted by Crippen LogP contribution is 2.27. The number of nitrogens with one attached hydrogen (secondary N) is 1. The highest BCUT2D eigenvalue weighted by molar-refractivity contribution is 9.10. The third kappa shape index (κ3) is 6.14. The summed E-state index contributed by atoms with van der Waals surface area (Å²) in [6.45, 7) is 0.258. The fraction of sp³-hybridized carbons (Fsp3) is 0.0909. The quantitative estimate of drug-likeness (QED) is 0.223. The molecular weight excluding hydrogens is 546 g/mol.